The SMILES string of the molecule is COc1cc(C)c(Cl)cc1-c1ncn(C)c1C=O. The second-order valence-corrected chi connectivity index (χ2v) is 4.42. The van der Waals surface area contributed by atoms with Crippen molar-refractivity contribution < 1.29 is 9.53 Å². The fourth-order valence-electron chi connectivity index (χ4n) is 1.80. The molecule has 1 aromatic carbocycles. The minimum Gasteiger partial charge on any atom is -0.496 e. The van der Waals surface area contributed by atoms with Crippen molar-refractivity contribution >= 4 is 17.9 Å². The second kappa shape index (κ2) is 4.82. The van der Waals surface area contributed by atoms with Crippen molar-refractivity contribution in [2.45, 2.75) is 6.92 Å². The molecule has 0 aliphatic carbocycles. The normalized spacial score (nSPS) is 10.4. The van der Waals surface area contributed by atoms with E-state index in [1.165, 1.54) is 0 Å². The third-order valence-electron chi connectivity index (χ3n) is 2.83. The van der Waals surface area contributed by atoms with E-state index in [9.17, 15) is 4.79 Å². The highest BCUT2D eigenvalue weighted by atomic mass is 35.5. The summed E-state index contributed by atoms with van der Waals surface area (Å²) in [6, 6.07) is 3.60. The Hall–Kier alpha value is -1.81. The van der Waals surface area contributed by atoms with E-state index >= 15 is 0 Å². The number of carbonyl (C=O) groups excluding carboxylic acids is 1. The number of carbonyl (C=O) groups is 1. The molecule has 18 heavy (non-hydrogen) atoms. The number of hydrogen-bond acceptors (Lipinski definition) is 3. The molecular weight excluding hydrogens is 252 g/mol. The zero-order valence-corrected chi connectivity index (χ0v) is 11.2. The molecule has 0 N–H and O–H groups in total. The van der Waals surface area contributed by atoms with Gasteiger partial charge in [0.05, 0.1) is 13.4 Å². The smallest absolute Gasteiger partial charge is 0.168 e. The first-order valence-electron chi connectivity index (χ1n) is 5.39. The summed E-state index contributed by atoms with van der Waals surface area (Å²) in [6.07, 6.45) is 2.36. The molecule has 1 heterocycles. The van der Waals surface area contributed by atoms with E-state index in [2.05, 4.69) is 4.98 Å². The predicted molar refractivity (Wildman–Crippen MR) is 70.3 cm³/mol. The maximum atomic E-state index is 11.1. The van der Waals surface area contributed by atoms with Crippen LogP contribution in [0.3, 0.4) is 0 Å². The highest BCUT2D eigenvalue weighted by Crippen LogP contribution is 2.34. The van der Waals surface area contributed by atoms with Crippen LogP contribution < -0.4 is 4.74 Å². The van der Waals surface area contributed by atoms with Gasteiger partial charge in [-0.3, -0.25) is 4.79 Å². The molecule has 4 nitrogen and oxygen atoms in total. The first kappa shape index (κ1) is 12.6. The molecule has 0 spiro atoms. The Labute approximate surface area is 110 Å². The molecule has 1 aromatic heterocycles. The van der Waals surface area contributed by atoms with Gasteiger partial charge in [0.2, 0.25) is 0 Å². The highest BCUT2D eigenvalue weighted by molar-refractivity contribution is 6.31. The number of nitrogens with zero attached hydrogens (tertiary/aromatic N) is 2. The predicted octanol–water partition coefficient (Wildman–Crippen LogP) is 2.87. The molecule has 5 heteroatoms. The van der Waals surface area contributed by atoms with Crippen LogP contribution in [0.4, 0.5) is 0 Å². The van der Waals surface area contributed by atoms with Crippen molar-refractivity contribution in [2.24, 2.45) is 7.05 Å². The topological polar surface area (TPSA) is 44.1 Å². The summed E-state index contributed by atoms with van der Waals surface area (Å²) < 4.78 is 6.98. The van der Waals surface area contributed by atoms with Crippen LogP contribution in [0.2, 0.25) is 5.02 Å². The number of ether oxygens (including phenoxy) is 1. The Balaban J connectivity index is 2.69. The number of aromatic nitrogens is 2. The minimum atomic E-state index is 0.494. The lowest BCUT2D eigenvalue weighted by Gasteiger charge is -2.10. The molecule has 0 fully saturated rings. The Bertz CT molecular complexity index is 605. The Morgan fingerprint density at radius 2 is 2.17 bits per heavy atom. The fraction of sp³-hybridized carbons (Fsp3) is 0.231. The number of aryl methyl sites for hydroxylation is 2. The standard InChI is InChI=1S/C13H13ClN2O2/c1-8-4-12(18-3)9(5-10(8)14)13-11(6-17)16(2)7-15-13/h4-7H,1-3H3. The van der Waals surface area contributed by atoms with Crippen molar-refractivity contribution in [2.75, 3.05) is 7.11 Å². The summed E-state index contributed by atoms with van der Waals surface area (Å²) in [4.78, 5) is 15.3. The number of halogens is 1. The van der Waals surface area contributed by atoms with Crippen LogP contribution in [0, 0.1) is 6.92 Å². The molecular formula is C13H13ClN2O2. The van der Waals surface area contributed by atoms with Gasteiger partial charge in [-0.05, 0) is 24.6 Å². The van der Waals surface area contributed by atoms with E-state index < -0.39 is 0 Å². The van der Waals surface area contributed by atoms with Crippen molar-refractivity contribution in [1.82, 2.24) is 9.55 Å². The van der Waals surface area contributed by atoms with Crippen LogP contribution in [-0.2, 0) is 7.05 Å². The van der Waals surface area contributed by atoms with Gasteiger partial charge in [0.15, 0.2) is 6.29 Å². The minimum absolute atomic E-state index is 0.494. The zero-order valence-electron chi connectivity index (χ0n) is 10.4. The van der Waals surface area contributed by atoms with Gasteiger partial charge in [-0.25, -0.2) is 4.98 Å². The van der Waals surface area contributed by atoms with Crippen molar-refractivity contribution in [1.29, 1.82) is 0 Å². The molecule has 0 amide bonds. The maximum absolute atomic E-state index is 11.1. The Morgan fingerprint density at radius 3 is 2.78 bits per heavy atom. The lowest BCUT2D eigenvalue weighted by molar-refractivity contribution is 0.111. The quantitative estimate of drug-likeness (QED) is 0.801. The van der Waals surface area contributed by atoms with Crippen LogP contribution in [-0.4, -0.2) is 22.9 Å². The molecule has 0 unspecified atom stereocenters. The van der Waals surface area contributed by atoms with Gasteiger partial charge in [0.25, 0.3) is 0 Å². The number of aldehydes is 1. The molecule has 0 saturated heterocycles. The third-order valence-corrected chi connectivity index (χ3v) is 3.24. The molecule has 0 saturated carbocycles. The second-order valence-electron chi connectivity index (χ2n) is 4.01. The fourth-order valence-corrected chi connectivity index (χ4v) is 1.96. The van der Waals surface area contributed by atoms with E-state index in [4.69, 9.17) is 16.3 Å². The summed E-state index contributed by atoms with van der Waals surface area (Å²) in [5.74, 6) is 0.652. The van der Waals surface area contributed by atoms with Gasteiger partial charge in [-0.2, -0.15) is 0 Å². The summed E-state index contributed by atoms with van der Waals surface area (Å²) in [5.41, 5.74) is 2.70. The summed E-state index contributed by atoms with van der Waals surface area (Å²) in [5, 5.41) is 0.619. The van der Waals surface area contributed by atoms with Gasteiger partial charge in [-0.1, -0.05) is 11.6 Å². The number of methoxy groups -OCH3 is 1. The van der Waals surface area contributed by atoms with Crippen LogP contribution in [0.15, 0.2) is 18.5 Å². The Morgan fingerprint density at radius 1 is 1.44 bits per heavy atom. The average molecular weight is 265 g/mol. The van der Waals surface area contributed by atoms with Gasteiger partial charge < -0.3 is 9.30 Å². The number of rotatable bonds is 3. The first-order chi connectivity index (χ1) is 8.58. The van der Waals surface area contributed by atoms with E-state index in [0.717, 1.165) is 17.4 Å². The van der Waals surface area contributed by atoms with Gasteiger partial charge in [-0.15, -0.1) is 0 Å². The van der Waals surface area contributed by atoms with E-state index in [1.54, 1.807) is 31.1 Å². The molecule has 0 aliphatic rings. The van der Waals surface area contributed by atoms with Crippen LogP contribution in [0.5, 0.6) is 5.75 Å². The molecule has 0 atom stereocenters. The van der Waals surface area contributed by atoms with Gasteiger partial charge in [0.1, 0.15) is 17.1 Å². The molecule has 0 radical (unpaired) electrons. The van der Waals surface area contributed by atoms with Crippen molar-refractivity contribution in [3.63, 3.8) is 0 Å². The first-order valence-corrected chi connectivity index (χ1v) is 5.77. The summed E-state index contributed by atoms with van der Waals surface area (Å²) >= 11 is 6.12. The lowest BCUT2D eigenvalue weighted by atomic mass is 10.1. The van der Waals surface area contributed by atoms with Gasteiger partial charge in [0, 0.05) is 17.6 Å². The molecule has 94 valence electrons. The third kappa shape index (κ3) is 1.99. The number of hydrogen-bond donors (Lipinski definition) is 0. The van der Waals surface area contributed by atoms with Crippen molar-refractivity contribution in [3.05, 3.63) is 34.7 Å². The summed E-state index contributed by atoms with van der Waals surface area (Å²) in [6.45, 7) is 1.90. The molecule has 2 aromatic rings. The monoisotopic (exact) mass is 264 g/mol. The van der Waals surface area contributed by atoms with E-state index in [0.29, 0.717) is 22.2 Å². The van der Waals surface area contributed by atoms with Crippen LogP contribution in [0.25, 0.3) is 11.3 Å². The maximum Gasteiger partial charge on any atom is 0.168 e. The molecule has 0 bridgehead atoms. The zero-order chi connectivity index (χ0) is 13.3. The van der Waals surface area contributed by atoms with Gasteiger partial charge >= 0.3 is 0 Å². The summed E-state index contributed by atoms with van der Waals surface area (Å²) in [7, 11) is 3.35. The average Bonchev–Trinajstić information content (AvgIpc) is 2.73. The van der Waals surface area contributed by atoms with Crippen LogP contribution >= 0.6 is 11.6 Å². The molecule has 2 rings (SSSR count). The van der Waals surface area contributed by atoms with Crippen LogP contribution in [0.1, 0.15) is 16.1 Å². The molecule has 0 aliphatic heterocycles. The largest absolute Gasteiger partial charge is 0.496 e. The lowest BCUT2D eigenvalue weighted by Crippen LogP contribution is -1.96. The number of imidazole rings is 1. The number of benzene rings is 1. The van der Waals surface area contributed by atoms with Crippen molar-refractivity contribution in [3.8, 4) is 17.0 Å². The van der Waals surface area contributed by atoms with E-state index in [1.807, 2.05) is 13.0 Å². The van der Waals surface area contributed by atoms with E-state index in [-0.39, 0.29) is 0 Å². The Kier molecular flexibility index (Phi) is 3.39. The highest BCUT2D eigenvalue weighted by Gasteiger charge is 2.16.